The highest BCUT2D eigenvalue weighted by atomic mass is 35.5. The van der Waals surface area contributed by atoms with E-state index in [4.69, 9.17) is 21.1 Å². The van der Waals surface area contributed by atoms with Crippen LogP contribution in [-0.4, -0.2) is 49.6 Å². The maximum atomic E-state index is 12.2. The minimum Gasteiger partial charge on any atom is -0.487 e. The summed E-state index contributed by atoms with van der Waals surface area (Å²) in [6.07, 6.45) is 2.89. The van der Waals surface area contributed by atoms with Gasteiger partial charge in [-0.1, -0.05) is 18.2 Å². The molecule has 0 aliphatic rings. The quantitative estimate of drug-likeness (QED) is 0.255. The lowest BCUT2D eigenvalue weighted by molar-refractivity contribution is -0.134. The molecule has 2 aromatic rings. The lowest BCUT2D eigenvalue weighted by Gasteiger charge is -2.15. The summed E-state index contributed by atoms with van der Waals surface area (Å²) in [7, 11) is 0. The average molecular weight is 466 g/mol. The standard InChI is InChI=1S/C19H20ClF4N3O4/c1-11(20)7-12(2)27-17-13-8-15(28-3-5-30-18(21)22)16(9-14(13)25-10-26-17)29-4-6-31-19(23)24/h7-10,18-19H,2-6H2,1H3,(H,25,26,27)/b11-7+. The van der Waals surface area contributed by atoms with Crippen LogP contribution in [-0.2, 0) is 9.47 Å². The highest BCUT2D eigenvalue weighted by Gasteiger charge is 2.14. The summed E-state index contributed by atoms with van der Waals surface area (Å²) in [6, 6.07) is 3.02. The van der Waals surface area contributed by atoms with Crippen LogP contribution in [0.2, 0.25) is 0 Å². The minimum atomic E-state index is -2.93. The van der Waals surface area contributed by atoms with Crippen molar-refractivity contribution in [1.82, 2.24) is 9.97 Å². The van der Waals surface area contributed by atoms with Gasteiger partial charge in [-0.15, -0.1) is 0 Å². The van der Waals surface area contributed by atoms with Crippen LogP contribution in [0.5, 0.6) is 11.5 Å². The Morgan fingerprint density at radius 3 is 2.16 bits per heavy atom. The number of hydrogen-bond donors (Lipinski definition) is 1. The van der Waals surface area contributed by atoms with Gasteiger partial charge in [0.15, 0.2) is 11.5 Å². The number of rotatable bonds is 13. The SMILES string of the molecule is C=C(/C=C(\C)Cl)Nc1ncnc2cc(OCCOC(F)F)c(OCCOC(F)F)cc12. The Balaban J connectivity index is 2.28. The molecule has 1 heterocycles. The maximum Gasteiger partial charge on any atom is 0.345 e. The number of allylic oxidation sites excluding steroid dienone is 2. The van der Waals surface area contributed by atoms with Gasteiger partial charge in [0, 0.05) is 22.2 Å². The van der Waals surface area contributed by atoms with Crippen LogP contribution >= 0.6 is 11.6 Å². The van der Waals surface area contributed by atoms with E-state index in [-0.39, 0.29) is 37.9 Å². The largest absolute Gasteiger partial charge is 0.487 e. The van der Waals surface area contributed by atoms with Crippen molar-refractivity contribution >= 4 is 28.3 Å². The predicted octanol–water partition coefficient (Wildman–Crippen LogP) is 4.93. The van der Waals surface area contributed by atoms with Crippen molar-refractivity contribution in [1.29, 1.82) is 0 Å². The first-order chi connectivity index (χ1) is 14.8. The number of benzene rings is 1. The second kappa shape index (κ2) is 12.3. The molecule has 0 unspecified atom stereocenters. The Kier molecular flexibility index (Phi) is 9.76. The van der Waals surface area contributed by atoms with E-state index in [1.807, 2.05) is 0 Å². The third kappa shape index (κ3) is 8.56. The van der Waals surface area contributed by atoms with Crippen LogP contribution in [0.15, 0.2) is 41.8 Å². The van der Waals surface area contributed by atoms with Gasteiger partial charge in [0.1, 0.15) is 25.4 Å². The number of nitrogens with zero attached hydrogens (tertiary/aromatic N) is 2. The van der Waals surface area contributed by atoms with Crippen molar-refractivity contribution in [3.8, 4) is 11.5 Å². The highest BCUT2D eigenvalue weighted by molar-refractivity contribution is 6.29. The van der Waals surface area contributed by atoms with Crippen molar-refractivity contribution < 1.29 is 36.5 Å². The fourth-order valence-electron chi connectivity index (χ4n) is 2.40. The van der Waals surface area contributed by atoms with E-state index >= 15 is 0 Å². The van der Waals surface area contributed by atoms with Crippen LogP contribution in [0.4, 0.5) is 23.4 Å². The van der Waals surface area contributed by atoms with E-state index < -0.39 is 13.2 Å². The normalized spacial score (nSPS) is 11.9. The van der Waals surface area contributed by atoms with Gasteiger partial charge in [-0.3, -0.25) is 0 Å². The molecule has 12 heteroatoms. The van der Waals surface area contributed by atoms with Gasteiger partial charge in [0.05, 0.1) is 18.7 Å². The molecular formula is C19H20ClF4N3O4. The molecule has 0 saturated carbocycles. The number of aromatic nitrogens is 2. The topological polar surface area (TPSA) is 74.7 Å². The zero-order chi connectivity index (χ0) is 22.8. The second-order valence-corrected chi connectivity index (χ2v) is 6.48. The monoisotopic (exact) mass is 465 g/mol. The molecule has 170 valence electrons. The smallest absolute Gasteiger partial charge is 0.345 e. The molecule has 7 nitrogen and oxygen atoms in total. The van der Waals surface area contributed by atoms with E-state index in [0.717, 1.165) is 0 Å². The summed E-state index contributed by atoms with van der Waals surface area (Å²) < 4.78 is 67.8. The molecule has 0 spiro atoms. The minimum absolute atomic E-state index is 0.148. The number of fused-ring (bicyclic) bond motifs is 1. The highest BCUT2D eigenvalue weighted by Crippen LogP contribution is 2.34. The fraction of sp³-hybridized carbons (Fsp3) is 0.368. The van der Waals surface area contributed by atoms with Crippen LogP contribution in [0, 0.1) is 0 Å². The Hall–Kier alpha value is -2.63. The Labute approximate surface area is 180 Å². The summed E-state index contributed by atoms with van der Waals surface area (Å²) >= 11 is 5.84. The number of ether oxygens (including phenoxy) is 4. The summed E-state index contributed by atoms with van der Waals surface area (Å²) in [5, 5.41) is 3.99. The van der Waals surface area contributed by atoms with Crippen LogP contribution in [0.3, 0.4) is 0 Å². The van der Waals surface area contributed by atoms with E-state index in [1.54, 1.807) is 13.0 Å². The van der Waals surface area contributed by atoms with Crippen LogP contribution < -0.4 is 14.8 Å². The van der Waals surface area contributed by atoms with Gasteiger partial charge >= 0.3 is 13.2 Å². The number of hydrogen-bond acceptors (Lipinski definition) is 7. The predicted molar refractivity (Wildman–Crippen MR) is 107 cm³/mol. The zero-order valence-corrected chi connectivity index (χ0v) is 17.2. The van der Waals surface area contributed by atoms with E-state index in [2.05, 4.69) is 31.3 Å². The molecule has 1 N–H and O–H groups in total. The number of alkyl halides is 4. The Morgan fingerprint density at radius 2 is 1.61 bits per heavy atom. The van der Waals surface area contributed by atoms with E-state index in [0.29, 0.717) is 27.5 Å². The second-order valence-electron chi connectivity index (χ2n) is 5.88. The number of nitrogens with one attached hydrogen (secondary N) is 1. The van der Waals surface area contributed by atoms with Crippen LogP contribution in [0.1, 0.15) is 6.92 Å². The van der Waals surface area contributed by atoms with Crippen molar-refractivity contribution in [2.45, 2.75) is 20.1 Å². The summed E-state index contributed by atoms with van der Waals surface area (Å²) in [5.41, 5.74) is 0.905. The van der Waals surface area contributed by atoms with E-state index in [9.17, 15) is 17.6 Å². The lowest BCUT2D eigenvalue weighted by atomic mass is 10.2. The molecule has 0 amide bonds. The maximum absolute atomic E-state index is 12.2. The van der Waals surface area contributed by atoms with Gasteiger partial charge in [0.25, 0.3) is 0 Å². The Morgan fingerprint density at radius 1 is 1.03 bits per heavy atom. The molecule has 0 aliphatic carbocycles. The molecule has 1 aromatic carbocycles. The van der Waals surface area contributed by atoms with Crippen molar-refractivity contribution in [2.24, 2.45) is 0 Å². The van der Waals surface area contributed by atoms with Gasteiger partial charge < -0.3 is 24.3 Å². The molecule has 0 aliphatic heterocycles. The molecule has 0 atom stereocenters. The van der Waals surface area contributed by atoms with Crippen LogP contribution in [0.25, 0.3) is 10.9 Å². The van der Waals surface area contributed by atoms with Gasteiger partial charge in [-0.05, 0) is 19.1 Å². The zero-order valence-electron chi connectivity index (χ0n) is 16.4. The first-order valence-electron chi connectivity index (χ1n) is 8.90. The first-order valence-corrected chi connectivity index (χ1v) is 9.27. The number of anilines is 1. The third-order valence-electron chi connectivity index (χ3n) is 3.52. The lowest BCUT2D eigenvalue weighted by Crippen LogP contribution is -2.12. The van der Waals surface area contributed by atoms with Gasteiger partial charge in [-0.2, -0.15) is 17.6 Å². The molecule has 0 radical (unpaired) electrons. The summed E-state index contributed by atoms with van der Waals surface area (Å²) in [4.78, 5) is 8.32. The first kappa shape index (κ1) is 24.6. The molecular weight excluding hydrogens is 446 g/mol. The van der Waals surface area contributed by atoms with Crippen molar-refractivity contribution in [3.05, 3.63) is 41.8 Å². The molecule has 0 fully saturated rings. The molecule has 0 saturated heterocycles. The van der Waals surface area contributed by atoms with Gasteiger partial charge in [0.2, 0.25) is 0 Å². The molecule has 2 rings (SSSR count). The summed E-state index contributed by atoms with van der Waals surface area (Å²) in [5.74, 6) is 0.683. The number of halogens is 5. The van der Waals surface area contributed by atoms with Gasteiger partial charge in [-0.25, -0.2) is 9.97 Å². The van der Waals surface area contributed by atoms with E-state index in [1.165, 1.54) is 18.5 Å². The average Bonchev–Trinajstić information content (AvgIpc) is 2.68. The van der Waals surface area contributed by atoms with Crippen molar-refractivity contribution in [3.63, 3.8) is 0 Å². The molecule has 31 heavy (non-hydrogen) atoms. The molecule has 0 bridgehead atoms. The summed E-state index contributed by atoms with van der Waals surface area (Å²) in [6.45, 7) is -1.52. The van der Waals surface area contributed by atoms with Crippen molar-refractivity contribution in [2.75, 3.05) is 31.7 Å². The fourth-order valence-corrected chi connectivity index (χ4v) is 2.53. The Bertz CT molecular complexity index is 911. The molecule has 1 aromatic heterocycles. The third-order valence-corrected chi connectivity index (χ3v) is 3.63.